The summed E-state index contributed by atoms with van der Waals surface area (Å²) in [5.74, 6) is 0.953. The normalized spacial score (nSPS) is 27.1. The summed E-state index contributed by atoms with van der Waals surface area (Å²) in [6, 6.07) is 3.23. The third-order valence-corrected chi connectivity index (χ3v) is 3.66. The van der Waals surface area contributed by atoms with Crippen LogP contribution in [0.3, 0.4) is 0 Å². The molecule has 1 fully saturated rings. The van der Waals surface area contributed by atoms with Crippen LogP contribution in [0.25, 0.3) is 0 Å². The van der Waals surface area contributed by atoms with Gasteiger partial charge >= 0.3 is 0 Å². The van der Waals surface area contributed by atoms with Crippen molar-refractivity contribution in [1.82, 2.24) is 15.1 Å². The lowest BCUT2D eigenvalue weighted by Gasteiger charge is -2.19. The first-order valence-electron chi connectivity index (χ1n) is 6.51. The summed E-state index contributed by atoms with van der Waals surface area (Å²) in [5, 5.41) is 7.96. The van der Waals surface area contributed by atoms with Crippen LogP contribution in [0.5, 0.6) is 0 Å². The largest absolute Gasteiger partial charge is 0.310 e. The molecule has 0 spiro atoms. The molecule has 0 radical (unpaired) electrons. The summed E-state index contributed by atoms with van der Waals surface area (Å²) in [7, 11) is 0. The summed E-state index contributed by atoms with van der Waals surface area (Å²) in [5.41, 5.74) is 0. The second kappa shape index (κ2) is 5.48. The zero-order valence-electron chi connectivity index (χ0n) is 10.4. The van der Waals surface area contributed by atoms with Crippen LogP contribution in [-0.2, 0) is 6.54 Å². The zero-order chi connectivity index (χ0) is 11.4. The molecule has 0 amide bonds. The molecule has 3 unspecified atom stereocenters. The van der Waals surface area contributed by atoms with E-state index in [0.29, 0.717) is 6.04 Å². The van der Waals surface area contributed by atoms with Crippen molar-refractivity contribution in [1.29, 1.82) is 0 Å². The molecular weight excluding hydrogens is 198 g/mol. The minimum absolute atomic E-state index is 0.514. The summed E-state index contributed by atoms with van der Waals surface area (Å²) < 4.78 is 2.00. The molecule has 2 rings (SSSR count). The maximum absolute atomic E-state index is 4.24. The fourth-order valence-corrected chi connectivity index (χ4v) is 2.74. The molecule has 1 aromatic rings. The molecule has 1 heterocycles. The Bertz CT molecular complexity index is 294. The number of nitrogens with one attached hydrogen (secondary N) is 1. The highest BCUT2D eigenvalue weighted by atomic mass is 15.3. The first-order valence-corrected chi connectivity index (χ1v) is 6.51. The highest BCUT2D eigenvalue weighted by Gasteiger charge is 2.24. The van der Waals surface area contributed by atoms with Crippen molar-refractivity contribution in [2.75, 3.05) is 0 Å². The Labute approximate surface area is 98.2 Å². The van der Waals surface area contributed by atoms with Crippen LogP contribution in [0.1, 0.15) is 39.5 Å². The van der Waals surface area contributed by atoms with Gasteiger partial charge in [0.05, 0.1) is 6.54 Å². The lowest BCUT2D eigenvalue weighted by molar-refractivity contribution is 0.387. The molecule has 90 valence electrons. The third kappa shape index (κ3) is 3.08. The van der Waals surface area contributed by atoms with Gasteiger partial charge < -0.3 is 5.32 Å². The second-order valence-corrected chi connectivity index (χ2v) is 5.08. The van der Waals surface area contributed by atoms with E-state index in [1.54, 1.807) is 0 Å². The Morgan fingerprint density at radius 1 is 1.50 bits per heavy atom. The molecule has 3 nitrogen and oxygen atoms in total. The van der Waals surface area contributed by atoms with Crippen molar-refractivity contribution in [2.24, 2.45) is 5.92 Å². The first kappa shape index (κ1) is 11.6. The Morgan fingerprint density at radius 2 is 2.38 bits per heavy atom. The van der Waals surface area contributed by atoms with Crippen molar-refractivity contribution in [3.05, 3.63) is 18.5 Å². The van der Waals surface area contributed by atoms with Crippen LogP contribution < -0.4 is 5.32 Å². The maximum atomic E-state index is 4.24. The minimum atomic E-state index is 0.514. The Kier molecular flexibility index (Phi) is 3.99. The molecule has 1 aromatic heterocycles. The standard InChI is InChI=1S/C13H23N3/c1-3-12-5-6-13(9-12)15-11(2)10-16-8-4-7-14-16/h4,7-8,11-13,15H,3,5-6,9-10H2,1-2H3. The van der Waals surface area contributed by atoms with Crippen LogP contribution in [-0.4, -0.2) is 21.9 Å². The Balaban J connectivity index is 1.73. The fourth-order valence-electron chi connectivity index (χ4n) is 2.74. The average molecular weight is 221 g/mol. The van der Waals surface area contributed by atoms with Gasteiger partial charge in [0, 0.05) is 24.5 Å². The molecule has 0 aliphatic heterocycles. The predicted octanol–water partition coefficient (Wildman–Crippen LogP) is 2.44. The number of hydrogen-bond acceptors (Lipinski definition) is 2. The van der Waals surface area contributed by atoms with E-state index in [0.717, 1.165) is 18.5 Å². The van der Waals surface area contributed by atoms with E-state index in [9.17, 15) is 0 Å². The van der Waals surface area contributed by atoms with Crippen molar-refractivity contribution in [3.63, 3.8) is 0 Å². The van der Waals surface area contributed by atoms with Crippen LogP contribution in [0, 0.1) is 5.92 Å². The van der Waals surface area contributed by atoms with Crippen molar-refractivity contribution >= 4 is 0 Å². The quantitative estimate of drug-likeness (QED) is 0.827. The smallest absolute Gasteiger partial charge is 0.0560 e. The Morgan fingerprint density at radius 3 is 3.00 bits per heavy atom. The predicted molar refractivity (Wildman–Crippen MR) is 66.2 cm³/mol. The van der Waals surface area contributed by atoms with Crippen LogP contribution in [0.15, 0.2) is 18.5 Å². The molecule has 1 aliphatic carbocycles. The van der Waals surface area contributed by atoms with Gasteiger partial charge in [-0.15, -0.1) is 0 Å². The van der Waals surface area contributed by atoms with Gasteiger partial charge in [0.2, 0.25) is 0 Å². The average Bonchev–Trinajstić information content (AvgIpc) is 2.89. The first-order chi connectivity index (χ1) is 7.78. The van der Waals surface area contributed by atoms with E-state index in [-0.39, 0.29) is 0 Å². The molecule has 1 aliphatic rings. The summed E-state index contributed by atoms with van der Waals surface area (Å²) in [6.45, 7) is 5.53. The van der Waals surface area contributed by atoms with E-state index in [4.69, 9.17) is 0 Å². The van der Waals surface area contributed by atoms with Crippen molar-refractivity contribution < 1.29 is 0 Å². The van der Waals surface area contributed by atoms with E-state index >= 15 is 0 Å². The summed E-state index contributed by atoms with van der Waals surface area (Å²) in [6.07, 6.45) is 9.33. The lowest BCUT2D eigenvalue weighted by atomic mass is 10.1. The van der Waals surface area contributed by atoms with E-state index in [1.807, 2.05) is 23.1 Å². The molecule has 0 aromatic carbocycles. The molecule has 0 saturated heterocycles. The zero-order valence-corrected chi connectivity index (χ0v) is 10.4. The van der Waals surface area contributed by atoms with E-state index in [2.05, 4.69) is 24.3 Å². The number of hydrogen-bond donors (Lipinski definition) is 1. The third-order valence-electron chi connectivity index (χ3n) is 3.66. The van der Waals surface area contributed by atoms with Gasteiger partial charge in [0.1, 0.15) is 0 Å². The SMILES string of the molecule is CCC1CCC(NC(C)Cn2cccn2)C1. The van der Waals surface area contributed by atoms with E-state index in [1.165, 1.54) is 25.7 Å². The monoisotopic (exact) mass is 221 g/mol. The molecule has 1 N–H and O–H groups in total. The van der Waals surface area contributed by atoms with Crippen molar-refractivity contribution in [3.8, 4) is 0 Å². The molecule has 0 bridgehead atoms. The lowest BCUT2D eigenvalue weighted by Crippen LogP contribution is -2.37. The fraction of sp³-hybridized carbons (Fsp3) is 0.769. The second-order valence-electron chi connectivity index (χ2n) is 5.08. The van der Waals surface area contributed by atoms with Gasteiger partial charge in [-0.05, 0) is 38.2 Å². The molecule has 16 heavy (non-hydrogen) atoms. The van der Waals surface area contributed by atoms with Gasteiger partial charge in [0.15, 0.2) is 0 Å². The highest BCUT2D eigenvalue weighted by Crippen LogP contribution is 2.28. The van der Waals surface area contributed by atoms with Gasteiger partial charge in [-0.1, -0.05) is 13.3 Å². The number of nitrogens with zero attached hydrogens (tertiary/aromatic N) is 2. The van der Waals surface area contributed by atoms with Crippen LogP contribution in [0.2, 0.25) is 0 Å². The molecule has 3 heteroatoms. The molecule has 3 atom stereocenters. The topological polar surface area (TPSA) is 29.9 Å². The number of aromatic nitrogens is 2. The van der Waals surface area contributed by atoms with Gasteiger partial charge in [-0.2, -0.15) is 5.10 Å². The van der Waals surface area contributed by atoms with Gasteiger partial charge in [-0.25, -0.2) is 0 Å². The number of rotatable bonds is 5. The summed E-state index contributed by atoms with van der Waals surface area (Å²) >= 11 is 0. The molecule has 1 saturated carbocycles. The van der Waals surface area contributed by atoms with Gasteiger partial charge in [0.25, 0.3) is 0 Å². The van der Waals surface area contributed by atoms with Crippen LogP contribution >= 0.6 is 0 Å². The van der Waals surface area contributed by atoms with Gasteiger partial charge in [-0.3, -0.25) is 4.68 Å². The minimum Gasteiger partial charge on any atom is -0.310 e. The maximum Gasteiger partial charge on any atom is 0.0560 e. The van der Waals surface area contributed by atoms with E-state index < -0.39 is 0 Å². The highest BCUT2D eigenvalue weighted by molar-refractivity contribution is 4.83. The summed E-state index contributed by atoms with van der Waals surface area (Å²) in [4.78, 5) is 0. The molecular formula is C13H23N3. The van der Waals surface area contributed by atoms with Crippen molar-refractivity contribution in [2.45, 2.75) is 58.2 Å². The van der Waals surface area contributed by atoms with Crippen LogP contribution in [0.4, 0.5) is 0 Å². The Hall–Kier alpha value is -0.830.